The van der Waals surface area contributed by atoms with E-state index in [4.69, 9.17) is 4.74 Å². The lowest BCUT2D eigenvalue weighted by Crippen LogP contribution is -2.59. The van der Waals surface area contributed by atoms with Crippen molar-refractivity contribution in [2.24, 2.45) is 46.3 Å². The Hall–Kier alpha value is -1.12. The number of ketones is 1. The zero-order valence-electron chi connectivity index (χ0n) is 18.2. The minimum Gasteiger partial charge on any atom is -0.462 e. The maximum absolute atomic E-state index is 12.2. The summed E-state index contributed by atoms with van der Waals surface area (Å²) in [6, 6.07) is 0. The van der Waals surface area contributed by atoms with Crippen molar-refractivity contribution in [1.29, 1.82) is 0 Å². The van der Waals surface area contributed by atoms with Crippen LogP contribution < -0.4 is 0 Å². The molecular formula is C25H38O3. The molecule has 0 aromatic rings. The van der Waals surface area contributed by atoms with Gasteiger partial charge in [-0.05, 0) is 78.9 Å². The Morgan fingerprint density at radius 3 is 2.57 bits per heavy atom. The van der Waals surface area contributed by atoms with E-state index in [2.05, 4.69) is 33.4 Å². The number of hydrogen-bond donors (Lipinski definition) is 0. The van der Waals surface area contributed by atoms with Gasteiger partial charge in [-0.15, -0.1) is 6.58 Å². The largest absolute Gasteiger partial charge is 0.462 e. The van der Waals surface area contributed by atoms with Gasteiger partial charge < -0.3 is 4.74 Å². The van der Waals surface area contributed by atoms with Crippen LogP contribution in [0.5, 0.6) is 0 Å². The highest BCUT2D eigenvalue weighted by Crippen LogP contribution is 2.68. The van der Waals surface area contributed by atoms with Crippen LogP contribution in [0.4, 0.5) is 0 Å². The molecular weight excluding hydrogens is 348 g/mol. The summed E-state index contributed by atoms with van der Waals surface area (Å²) in [7, 11) is 0. The number of carbonyl (C=O) groups excluding carboxylic acids is 2. The smallest absolute Gasteiger partial charge is 0.302 e. The number of rotatable bonds is 3. The second-order valence-corrected chi connectivity index (χ2v) is 10.9. The van der Waals surface area contributed by atoms with E-state index in [1.807, 2.05) is 0 Å². The first-order chi connectivity index (χ1) is 13.2. The molecule has 0 saturated heterocycles. The third-order valence-electron chi connectivity index (χ3n) is 9.87. The number of Topliss-reactive ketones (excluding diaryl/α,β-unsaturated/α-hetero) is 1. The van der Waals surface area contributed by atoms with Gasteiger partial charge in [0.25, 0.3) is 0 Å². The molecule has 0 N–H and O–H groups in total. The average molecular weight is 387 g/mol. The molecule has 9 atom stereocenters. The van der Waals surface area contributed by atoms with Gasteiger partial charge in [-0.1, -0.05) is 26.8 Å². The highest BCUT2D eigenvalue weighted by Gasteiger charge is 2.63. The molecule has 3 heteroatoms. The lowest BCUT2D eigenvalue weighted by Gasteiger charge is -2.62. The standard InChI is InChI=1S/C25H38O3/c1-6-15(2)19-7-8-20-23-21(10-12-25(19,20)5)24(4)11-9-18(27)13-17(24)14-22(23)28-16(3)26/h6,15,17,19-23H,1,7-14H2,2-5H3/t15-,17?,19?,20?,21?,22?,23?,24?,25?/m1/s1. The minimum absolute atomic E-state index is 0.00566. The molecule has 4 aliphatic rings. The van der Waals surface area contributed by atoms with Crippen LogP contribution in [-0.2, 0) is 14.3 Å². The van der Waals surface area contributed by atoms with Gasteiger partial charge in [0.15, 0.2) is 0 Å². The second kappa shape index (κ2) is 6.99. The first-order valence-electron chi connectivity index (χ1n) is 11.5. The molecule has 4 saturated carbocycles. The summed E-state index contributed by atoms with van der Waals surface area (Å²) < 4.78 is 5.99. The number of fused-ring (bicyclic) bond motifs is 5. The van der Waals surface area contributed by atoms with E-state index in [0.29, 0.717) is 53.1 Å². The molecule has 4 rings (SSSR count). The van der Waals surface area contributed by atoms with Crippen LogP contribution in [-0.4, -0.2) is 17.9 Å². The molecule has 0 aromatic carbocycles. The van der Waals surface area contributed by atoms with E-state index in [9.17, 15) is 9.59 Å². The Balaban J connectivity index is 1.70. The lowest BCUT2D eigenvalue weighted by atomic mass is 9.44. The molecule has 0 bridgehead atoms. The van der Waals surface area contributed by atoms with Gasteiger partial charge in [0.1, 0.15) is 11.9 Å². The van der Waals surface area contributed by atoms with Gasteiger partial charge in [0, 0.05) is 25.7 Å². The Morgan fingerprint density at radius 1 is 1.18 bits per heavy atom. The van der Waals surface area contributed by atoms with E-state index in [-0.39, 0.29) is 17.5 Å². The van der Waals surface area contributed by atoms with Crippen LogP contribution in [0.25, 0.3) is 0 Å². The van der Waals surface area contributed by atoms with Crippen molar-refractivity contribution in [2.45, 2.75) is 85.2 Å². The highest BCUT2D eigenvalue weighted by molar-refractivity contribution is 5.79. The van der Waals surface area contributed by atoms with Crippen molar-refractivity contribution < 1.29 is 14.3 Å². The molecule has 4 fully saturated rings. The van der Waals surface area contributed by atoms with Gasteiger partial charge in [-0.3, -0.25) is 9.59 Å². The molecule has 0 spiro atoms. The maximum atomic E-state index is 12.2. The summed E-state index contributed by atoms with van der Waals surface area (Å²) in [5.74, 6) is 3.52. The van der Waals surface area contributed by atoms with Gasteiger partial charge in [-0.2, -0.15) is 0 Å². The van der Waals surface area contributed by atoms with Gasteiger partial charge in [-0.25, -0.2) is 0 Å². The van der Waals surface area contributed by atoms with Gasteiger partial charge >= 0.3 is 5.97 Å². The van der Waals surface area contributed by atoms with Crippen LogP contribution in [0.2, 0.25) is 0 Å². The van der Waals surface area contributed by atoms with E-state index in [1.54, 1.807) is 6.92 Å². The normalized spacial score (nSPS) is 48.8. The van der Waals surface area contributed by atoms with Crippen molar-refractivity contribution in [3.05, 3.63) is 12.7 Å². The Bertz CT molecular complexity index is 669. The molecule has 8 unspecified atom stereocenters. The van der Waals surface area contributed by atoms with Crippen molar-refractivity contribution in [1.82, 2.24) is 0 Å². The maximum Gasteiger partial charge on any atom is 0.302 e. The number of hydrogen-bond acceptors (Lipinski definition) is 3. The Morgan fingerprint density at radius 2 is 1.89 bits per heavy atom. The molecule has 0 radical (unpaired) electrons. The monoisotopic (exact) mass is 386 g/mol. The molecule has 28 heavy (non-hydrogen) atoms. The fraction of sp³-hybridized carbons (Fsp3) is 0.840. The van der Waals surface area contributed by atoms with E-state index < -0.39 is 0 Å². The Labute approximate surface area is 170 Å². The SMILES string of the molecule is C=C[C@@H](C)C1CCC2C3C(OC(C)=O)CC4CC(=O)CCC4(C)C3CCC21C. The third-order valence-corrected chi connectivity index (χ3v) is 9.87. The number of carbonyl (C=O) groups is 2. The molecule has 3 nitrogen and oxygen atoms in total. The summed E-state index contributed by atoms with van der Waals surface area (Å²) in [5, 5.41) is 0. The van der Waals surface area contributed by atoms with Crippen LogP contribution in [0.3, 0.4) is 0 Å². The van der Waals surface area contributed by atoms with E-state index in [1.165, 1.54) is 25.7 Å². The Kier molecular flexibility index (Phi) is 5.03. The first kappa shape index (κ1) is 20.2. The molecule has 156 valence electrons. The van der Waals surface area contributed by atoms with Crippen molar-refractivity contribution in [3.8, 4) is 0 Å². The summed E-state index contributed by atoms with van der Waals surface area (Å²) in [6.07, 6.45) is 10.5. The van der Waals surface area contributed by atoms with Crippen LogP contribution in [0.15, 0.2) is 12.7 Å². The molecule has 4 aliphatic carbocycles. The summed E-state index contributed by atoms with van der Waals surface area (Å²) in [6.45, 7) is 12.9. The summed E-state index contributed by atoms with van der Waals surface area (Å²) in [4.78, 5) is 24.2. The second-order valence-electron chi connectivity index (χ2n) is 10.9. The zero-order valence-corrected chi connectivity index (χ0v) is 18.2. The first-order valence-corrected chi connectivity index (χ1v) is 11.5. The van der Waals surface area contributed by atoms with Gasteiger partial charge in [0.2, 0.25) is 0 Å². The molecule has 0 heterocycles. The molecule has 0 amide bonds. The molecule has 0 aromatic heterocycles. The van der Waals surface area contributed by atoms with E-state index in [0.717, 1.165) is 19.3 Å². The predicted molar refractivity (Wildman–Crippen MR) is 111 cm³/mol. The summed E-state index contributed by atoms with van der Waals surface area (Å²) in [5.41, 5.74) is 0.555. The van der Waals surface area contributed by atoms with Gasteiger partial charge in [0.05, 0.1) is 0 Å². The minimum atomic E-state index is -0.157. The van der Waals surface area contributed by atoms with Crippen LogP contribution in [0.1, 0.15) is 79.1 Å². The lowest BCUT2D eigenvalue weighted by molar-refractivity contribution is -0.189. The van der Waals surface area contributed by atoms with Crippen LogP contribution >= 0.6 is 0 Å². The third kappa shape index (κ3) is 2.91. The predicted octanol–water partition coefficient (Wildman–Crippen LogP) is 5.58. The topological polar surface area (TPSA) is 43.4 Å². The van der Waals surface area contributed by atoms with Crippen molar-refractivity contribution in [3.63, 3.8) is 0 Å². The molecule has 0 aliphatic heterocycles. The summed E-state index contributed by atoms with van der Waals surface area (Å²) >= 11 is 0. The number of ether oxygens (including phenoxy) is 1. The van der Waals surface area contributed by atoms with E-state index >= 15 is 0 Å². The highest BCUT2D eigenvalue weighted by atomic mass is 16.5. The quantitative estimate of drug-likeness (QED) is 0.470. The van der Waals surface area contributed by atoms with Crippen LogP contribution in [0, 0.1) is 46.3 Å². The average Bonchev–Trinajstić information content (AvgIpc) is 2.99. The fourth-order valence-corrected chi connectivity index (χ4v) is 8.39. The number of allylic oxidation sites excluding steroid dienone is 1. The van der Waals surface area contributed by atoms with Crippen molar-refractivity contribution >= 4 is 11.8 Å². The zero-order chi connectivity index (χ0) is 20.3. The number of esters is 1. The fourth-order valence-electron chi connectivity index (χ4n) is 8.39. The van der Waals surface area contributed by atoms with Crippen molar-refractivity contribution in [2.75, 3.05) is 0 Å².